The van der Waals surface area contributed by atoms with Crippen LogP contribution in [0.4, 0.5) is 5.69 Å². The van der Waals surface area contributed by atoms with E-state index < -0.39 is 0 Å². The Morgan fingerprint density at radius 1 is 1.11 bits per heavy atom. The predicted octanol–water partition coefficient (Wildman–Crippen LogP) is 3.85. The standard InChI is InChI=1S/C26H29N5O4S/c1-5-13-31-23(16-27-24(32)12-10-19-9-11-21(34-3)22(15-19)35-4)29-30-26(31)36-17-25(33)28-20-8-6-7-18(2)14-20/h5-12,14-15H,1,13,16-17H2,2-4H3,(H,27,32)(H,28,33)/b12-10+. The van der Waals surface area contributed by atoms with E-state index in [1.54, 1.807) is 38.5 Å². The molecule has 2 aromatic carbocycles. The third-order valence-electron chi connectivity index (χ3n) is 4.99. The third kappa shape index (κ3) is 7.47. The SMILES string of the molecule is C=CCn1c(CNC(=O)/C=C/c2ccc(OC)c(OC)c2)nnc1SCC(=O)Nc1cccc(C)c1. The molecule has 3 aromatic rings. The fraction of sp³-hybridized carbons (Fsp3) is 0.231. The molecule has 0 atom stereocenters. The maximum Gasteiger partial charge on any atom is 0.244 e. The second-order valence-corrected chi connectivity index (χ2v) is 8.61. The van der Waals surface area contributed by atoms with Crippen LogP contribution in [0.15, 0.2) is 66.4 Å². The fourth-order valence-corrected chi connectivity index (χ4v) is 4.04. The average molecular weight is 508 g/mol. The molecule has 0 unspecified atom stereocenters. The zero-order chi connectivity index (χ0) is 25.9. The number of carbonyl (C=O) groups excluding carboxylic acids is 2. The summed E-state index contributed by atoms with van der Waals surface area (Å²) in [6.07, 6.45) is 4.82. The van der Waals surface area contributed by atoms with Crippen LogP contribution in [0.2, 0.25) is 0 Å². The van der Waals surface area contributed by atoms with Crippen molar-refractivity contribution >= 4 is 35.3 Å². The molecule has 0 saturated heterocycles. The molecule has 2 N–H and O–H groups in total. The number of anilines is 1. The summed E-state index contributed by atoms with van der Waals surface area (Å²) in [6, 6.07) is 13.0. The van der Waals surface area contributed by atoms with Crippen molar-refractivity contribution in [2.24, 2.45) is 0 Å². The van der Waals surface area contributed by atoms with Gasteiger partial charge in [-0.3, -0.25) is 9.59 Å². The lowest BCUT2D eigenvalue weighted by Crippen LogP contribution is -2.23. The number of thioether (sulfide) groups is 1. The molecule has 3 rings (SSSR count). The summed E-state index contributed by atoms with van der Waals surface area (Å²) in [6.45, 7) is 6.36. The summed E-state index contributed by atoms with van der Waals surface area (Å²) < 4.78 is 12.3. The van der Waals surface area contributed by atoms with Crippen LogP contribution in [-0.4, -0.2) is 46.6 Å². The molecule has 2 amide bonds. The topological polar surface area (TPSA) is 107 Å². The van der Waals surface area contributed by atoms with Crippen molar-refractivity contribution < 1.29 is 19.1 Å². The van der Waals surface area contributed by atoms with Gasteiger partial charge in [0, 0.05) is 18.3 Å². The van der Waals surface area contributed by atoms with Crippen molar-refractivity contribution in [3.05, 3.63) is 78.1 Å². The number of nitrogens with zero attached hydrogens (tertiary/aromatic N) is 3. The lowest BCUT2D eigenvalue weighted by atomic mass is 10.2. The monoisotopic (exact) mass is 507 g/mol. The minimum Gasteiger partial charge on any atom is -0.493 e. The van der Waals surface area contributed by atoms with Gasteiger partial charge in [-0.15, -0.1) is 16.8 Å². The van der Waals surface area contributed by atoms with Crippen molar-refractivity contribution in [3.8, 4) is 11.5 Å². The molecule has 10 heteroatoms. The fourth-order valence-electron chi connectivity index (χ4n) is 3.27. The van der Waals surface area contributed by atoms with Gasteiger partial charge in [0.1, 0.15) is 0 Å². The Morgan fingerprint density at radius 3 is 2.64 bits per heavy atom. The molecule has 36 heavy (non-hydrogen) atoms. The van der Waals surface area contributed by atoms with E-state index in [4.69, 9.17) is 9.47 Å². The Bertz CT molecular complexity index is 1250. The molecular weight excluding hydrogens is 478 g/mol. The van der Waals surface area contributed by atoms with E-state index in [9.17, 15) is 9.59 Å². The minimum atomic E-state index is -0.287. The lowest BCUT2D eigenvalue weighted by Gasteiger charge is -2.09. The van der Waals surface area contributed by atoms with E-state index in [-0.39, 0.29) is 24.1 Å². The number of methoxy groups -OCH3 is 2. The highest BCUT2D eigenvalue weighted by Gasteiger charge is 2.14. The normalized spacial score (nSPS) is 10.8. The lowest BCUT2D eigenvalue weighted by molar-refractivity contribution is -0.116. The number of hydrogen-bond donors (Lipinski definition) is 2. The van der Waals surface area contributed by atoms with Crippen molar-refractivity contribution in [3.63, 3.8) is 0 Å². The minimum absolute atomic E-state index is 0.145. The second-order valence-electron chi connectivity index (χ2n) is 7.67. The number of amides is 2. The van der Waals surface area contributed by atoms with E-state index in [0.29, 0.717) is 29.0 Å². The number of aryl methyl sites for hydroxylation is 1. The quantitative estimate of drug-likeness (QED) is 0.218. The first-order valence-corrected chi connectivity index (χ1v) is 12.1. The van der Waals surface area contributed by atoms with Gasteiger partial charge in [-0.05, 0) is 48.4 Å². The molecule has 1 heterocycles. The first-order valence-electron chi connectivity index (χ1n) is 11.1. The predicted molar refractivity (Wildman–Crippen MR) is 141 cm³/mol. The zero-order valence-electron chi connectivity index (χ0n) is 20.5. The smallest absolute Gasteiger partial charge is 0.244 e. The Balaban J connectivity index is 1.57. The van der Waals surface area contributed by atoms with E-state index >= 15 is 0 Å². The summed E-state index contributed by atoms with van der Waals surface area (Å²) in [7, 11) is 3.12. The van der Waals surface area contributed by atoms with Crippen LogP contribution in [-0.2, 0) is 22.7 Å². The van der Waals surface area contributed by atoms with Gasteiger partial charge in [0.2, 0.25) is 11.8 Å². The van der Waals surface area contributed by atoms with Gasteiger partial charge in [-0.2, -0.15) is 0 Å². The summed E-state index contributed by atoms with van der Waals surface area (Å²) in [4.78, 5) is 24.7. The molecule has 0 spiro atoms. The van der Waals surface area contributed by atoms with Crippen LogP contribution in [0, 0.1) is 6.92 Å². The maximum atomic E-state index is 12.4. The molecule has 0 aliphatic rings. The number of ether oxygens (including phenoxy) is 2. The van der Waals surface area contributed by atoms with Gasteiger partial charge in [0.05, 0.1) is 26.5 Å². The molecule has 0 aliphatic carbocycles. The zero-order valence-corrected chi connectivity index (χ0v) is 21.3. The molecule has 0 fully saturated rings. The maximum absolute atomic E-state index is 12.4. The van der Waals surface area contributed by atoms with E-state index in [1.165, 1.54) is 17.8 Å². The molecule has 0 saturated carbocycles. The van der Waals surface area contributed by atoms with Crippen molar-refractivity contribution in [2.45, 2.75) is 25.2 Å². The highest BCUT2D eigenvalue weighted by atomic mass is 32.2. The van der Waals surface area contributed by atoms with E-state index in [0.717, 1.165) is 16.8 Å². The average Bonchev–Trinajstić information content (AvgIpc) is 3.26. The first-order chi connectivity index (χ1) is 17.4. The van der Waals surface area contributed by atoms with Crippen molar-refractivity contribution in [2.75, 3.05) is 25.3 Å². The molecule has 0 radical (unpaired) electrons. The molecule has 9 nitrogen and oxygen atoms in total. The number of nitrogens with one attached hydrogen (secondary N) is 2. The molecule has 0 bridgehead atoms. The molecule has 0 aliphatic heterocycles. The van der Waals surface area contributed by atoms with Crippen LogP contribution >= 0.6 is 11.8 Å². The second kappa shape index (κ2) is 13.1. The molecule has 188 valence electrons. The van der Waals surface area contributed by atoms with Gasteiger partial charge in [-0.1, -0.05) is 36.0 Å². The van der Waals surface area contributed by atoms with Crippen molar-refractivity contribution in [1.29, 1.82) is 0 Å². The van der Waals surface area contributed by atoms with Gasteiger partial charge < -0.3 is 24.7 Å². The highest BCUT2D eigenvalue weighted by molar-refractivity contribution is 7.99. The summed E-state index contributed by atoms with van der Waals surface area (Å²) in [5.41, 5.74) is 2.61. The van der Waals surface area contributed by atoms with Gasteiger partial charge >= 0.3 is 0 Å². The highest BCUT2D eigenvalue weighted by Crippen LogP contribution is 2.28. The molecular formula is C26H29N5O4S. The Morgan fingerprint density at radius 2 is 1.92 bits per heavy atom. The summed E-state index contributed by atoms with van der Waals surface area (Å²) in [5.74, 6) is 1.49. The van der Waals surface area contributed by atoms with E-state index in [1.807, 2.05) is 41.8 Å². The third-order valence-corrected chi connectivity index (χ3v) is 5.96. The summed E-state index contributed by atoms with van der Waals surface area (Å²) in [5, 5.41) is 14.6. The van der Waals surface area contributed by atoms with Crippen LogP contribution in [0.25, 0.3) is 6.08 Å². The van der Waals surface area contributed by atoms with Crippen LogP contribution in [0.3, 0.4) is 0 Å². The number of allylic oxidation sites excluding steroid dienone is 1. The number of carbonyl (C=O) groups is 2. The summed E-state index contributed by atoms with van der Waals surface area (Å²) >= 11 is 1.27. The number of benzene rings is 2. The van der Waals surface area contributed by atoms with Gasteiger partial charge in [0.15, 0.2) is 22.5 Å². The van der Waals surface area contributed by atoms with Crippen LogP contribution in [0.5, 0.6) is 11.5 Å². The Labute approximate surface area is 214 Å². The van der Waals surface area contributed by atoms with Gasteiger partial charge in [-0.25, -0.2) is 0 Å². The Kier molecular flexibility index (Phi) is 9.70. The number of rotatable bonds is 12. The van der Waals surface area contributed by atoms with Crippen LogP contribution in [0.1, 0.15) is 17.0 Å². The van der Waals surface area contributed by atoms with Gasteiger partial charge in [0.25, 0.3) is 0 Å². The number of hydrogen-bond acceptors (Lipinski definition) is 7. The van der Waals surface area contributed by atoms with E-state index in [2.05, 4.69) is 27.4 Å². The first kappa shape index (κ1) is 26.6. The number of aromatic nitrogens is 3. The largest absolute Gasteiger partial charge is 0.493 e. The van der Waals surface area contributed by atoms with Crippen LogP contribution < -0.4 is 20.1 Å². The Hall–Kier alpha value is -4.05. The van der Waals surface area contributed by atoms with Crippen molar-refractivity contribution in [1.82, 2.24) is 20.1 Å². The molecule has 1 aromatic heterocycles.